The third-order valence-corrected chi connectivity index (χ3v) is 3.04. The number of pyridine rings is 1. The first-order valence-corrected chi connectivity index (χ1v) is 6.11. The fourth-order valence-electron chi connectivity index (χ4n) is 1.53. The topological polar surface area (TPSA) is 43.2 Å². The summed E-state index contributed by atoms with van der Waals surface area (Å²) in [6.07, 6.45) is 3.62. The highest BCUT2D eigenvalue weighted by Gasteiger charge is 2.14. The van der Waals surface area contributed by atoms with Crippen LogP contribution in [-0.2, 0) is 6.54 Å². The SMILES string of the molecule is O=C(NCc1ccc[nH+]c1)c1c(Cl)cccc1Cl.[Cl-]. The van der Waals surface area contributed by atoms with Gasteiger partial charge >= 0.3 is 0 Å². The van der Waals surface area contributed by atoms with Crippen LogP contribution in [0.2, 0.25) is 10.0 Å². The lowest BCUT2D eigenvalue weighted by Gasteiger charge is -2.07. The number of rotatable bonds is 3. The van der Waals surface area contributed by atoms with E-state index in [9.17, 15) is 4.79 Å². The van der Waals surface area contributed by atoms with Crippen LogP contribution in [0.15, 0.2) is 42.7 Å². The fourth-order valence-corrected chi connectivity index (χ4v) is 2.10. The Morgan fingerprint density at radius 1 is 1.16 bits per heavy atom. The van der Waals surface area contributed by atoms with Gasteiger partial charge in [0.1, 0.15) is 0 Å². The first kappa shape index (κ1) is 15.8. The Hall–Kier alpha value is -1.29. The summed E-state index contributed by atoms with van der Waals surface area (Å²) in [5.41, 5.74) is 1.27. The van der Waals surface area contributed by atoms with Gasteiger partial charge in [-0.15, -0.1) is 0 Å². The molecule has 0 spiro atoms. The highest BCUT2D eigenvalue weighted by atomic mass is 35.5. The number of nitrogens with one attached hydrogen (secondary N) is 2. The monoisotopic (exact) mass is 316 g/mol. The minimum Gasteiger partial charge on any atom is -1.00 e. The van der Waals surface area contributed by atoms with E-state index in [0.29, 0.717) is 22.2 Å². The van der Waals surface area contributed by atoms with E-state index < -0.39 is 0 Å². The molecule has 0 aliphatic heterocycles. The van der Waals surface area contributed by atoms with Crippen molar-refractivity contribution in [3.8, 4) is 0 Å². The Balaban J connectivity index is 0.00000180. The van der Waals surface area contributed by atoms with Gasteiger partial charge in [-0.05, 0) is 18.2 Å². The Morgan fingerprint density at radius 3 is 2.42 bits per heavy atom. The normalized spacial score (nSPS) is 9.58. The number of carbonyl (C=O) groups is 1. The standard InChI is InChI=1S/C13H10Cl2N2O.ClH/c14-10-4-1-5-11(15)12(10)13(18)17-8-9-3-2-6-16-7-9;/h1-7H,8H2,(H,17,18);1H. The van der Waals surface area contributed by atoms with E-state index in [0.717, 1.165) is 5.56 Å². The van der Waals surface area contributed by atoms with E-state index in [4.69, 9.17) is 23.2 Å². The molecular weight excluding hydrogens is 307 g/mol. The Labute approximate surface area is 127 Å². The maximum Gasteiger partial charge on any atom is 0.254 e. The van der Waals surface area contributed by atoms with Crippen LogP contribution in [-0.4, -0.2) is 5.91 Å². The molecule has 2 N–H and O–H groups in total. The highest BCUT2D eigenvalue weighted by molar-refractivity contribution is 6.39. The van der Waals surface area contributed by atoms with Gasteiger partial charge in [0.2, 0.25) is 0 Å². The molecule has 0 bridgehead atoms. The van der Waals surface area contributed by atoms with Crippen LogP contribution < -0.4 is 22.7 Å². The number of hydrogen-bond donors (Lipinski definition) is 1. The molecular formula is C13H11Cl3N2O. The Morgan fingerprint density at radius 2 is 1.84 bits per heavy atom. The number of benzene rings is 1. The summed E-state index contributed by atoms with van der Waals surface area (Å²) in [4.78, 5) is 14.9. The molecule has 0 fully saturated rings. The molecule has 0 aliphatic carbocycles. The fraction of sp³-hybridized carbons (Fsp3) is 0.0769. The molecule has 3 nitrogen and oxygen atoms in total. The van der Waals surface area contributed by atoms with Gasteiger partial charge in [0, 0.05) is 18.2 Å². The van der Waals surface area contributed by atoms with Crippen molar-refractivity contribution in [3.63, 3.8) is 0 Å². The molecule has 0 saturated carbocycles. The van der Waals surface area contributed by atoms with Crippen LogP contribution in [0.25, 0.3) is 0 Å². The second kappa shape index (κ2) is 7.34. The third kappa shape index (κ3) is 4.10. The second-order valence-electron chi connectivity index (χ2n) is 3.69. The van der Waals surface area contributed by atoms with E-state index in [1.165, 1.54) is 0 Å². The zero-order valence-electron chi connectivity index (χ0n) is 9.79. The molecule has 0 radical (unpaired) electrons. The summed E-state index contributed by atoms with van der Waals surface area (Å²) >= 11 is 11.9. The van der Waals surface area contributed by atoms with E-state index in [2.05, 4.69) is 10.3 Å². The summed E-state index contributed by atoms with van der Waals surface area (Å²) < 4.78 is 0. The Kier molecular flexibility index (Phi) is 6.09. The average Bonchev–Trinajstić information content (AvgIpc) is 2.37. The first-order valence-electron chi connectivity index (χ1n) is 5.35. The van der Waals surface area contributed by atoms with E-state index in [1.807, 2.05) is 18.3 Å². The van der Waals surface area contributed by atoms with Gasteiger partial charge in [-0.1, -0.05) is 29.3 Å². The maximum atomic E-state index is 12.0. The molecule has 2 rings (SSSR count). The predicted octanol–water partition coefficient (Wildman–Crippen LogP) is -0.259. The van der Waals surface area contributed by atoms with Crippen molar-refractivity contribution in [1.29, 1.82) is 0 Å². The lowest BCUT2D eigenvalue weighted by Crippen LogP contribution is -3.00. The van der Waals surface area contributed by atoms with Crippen LogP contribution in [0.3, 0.4) is 0 Å². The van der Waals surface area contributed by atoms with Crippen LogP contribution in [0.1, 0.15) is 15.9 Å². The van der Waals surface area contributed by atoms with Crippen LogP contribution in [0, 0.1) is 0 Å². The summed E-state index contributed by atoms with van der Waals surface area (Å²) in [5.74, 6) is -0.283. The van der Waals surface area contributed by atoms with Crippen molar-refractivity contribution < 1.29 is 22.2 Å². The van der Waals surface area contributed by atoms with Crippen molar-refractivity contribution in [2.45, 2.75) is 6.54 Å². The molecule has 1 aromatic carbocycles. The second-order valence-corrected chi connectivity index (χ2v) is 4.51. The summed E-state index contributed by atoms with van der Waals surface area (Å²) in [6.45, 7) is 0.414. The van der Waals surface area contributed by atoms with E-state index in [1.54, 1.807) is 24.4 Å². The van der Waals surface area contributed by atoms with Crippen molar-refractivity contribution in [1.82, 2.24) is 5.32 Å². The average molecular weight is 318 g/mol. The summed E-state index contributed by atoms with van der Waals surface area (Å²) in [5, 5.41) is 3.46. The van der Waals surface area contributed by atoms with Gasteiger partial charge in [-0.2, -0.15) is 0 Å². The molecule has 0 aliphatic rings. The van der Waals surface area contributed by atoms with Gasteiger partial charge < -0.3 is 17.7 Å². The zero-order valence-corrected chi connectivity index (χ0v) is 12.1. The Bertz CT molecular complexity index is 541. The quantitative estimate of drug-likeness (QED) is 0.833. The lowest BCUT2D eigenvalue weighted by molar-refractivity contribution is -0.378. The number of H-pyrrole nitrogens is 1. The molecule has 0 atom stereocenters. The molecule has 100 valence electrons. The van der Waals surface area contributed by atoms with Crippen molar-refractivity contribution in [2.75, 3.05) is 0 Å². The number of amides is 1. The van der Waals surface area contributed by atoms with Gasteiger partial charge in [-0.3, -0.25) is 4.79 Å². The first-order chi connectivity index (χ1) is 8.68. The number of aromatic amines is 1. The maximum absolute atomic E-state index is 12.0. The molecule has 19 heavy (non-hydrogen) atoms. The van der Waals surface area contributed by atoms with Crippen LogP contribution in [0.5, 0.6) is 0 Å². The molecule has 0 saturated heterocycles. The van der Waals surface area contributed by atoms with E-state index >= 15 is 0 Å². The van der Waals surface area contributed by atoms with Crippen molar-refractivity contribution in [2.24, 2.45) is 0 Å². The predicted molar refractivity (Wildman–Crippen MR) is 70.6 cm³/mol. The number of hydrogen-bond acceptors (Lipinski definition) is 1. The van der Waals surface area contributed by atoms with Gasteiger partial charge in [-0.25, -0.2) is 4.98 Å². The number of aromatic nitrogens is 1. The van der Waals surface area contributed by atoms with Crippen molar-refractivity contribution in [3.05, 3.63) is 63.9 Å². The smallest absolute Gasteiger partial charge is 0.254 e. The molecule has 0 unspecified atom stereocenters. The number of halogens is 3. The molecule has 1 aromatic heterocycles. The summed E-state index contributed by atoms with van der Waals surface area (Å²) in [6, 6.07) is 8.75. The molecule has 6 heteroatoms. The van der Waals surface area contributed by atoms with Crippen LogP contribution >= 0.6 is 23.2 Å². The lowest BCUT2D eigenvalue weighted by atomic mass is 10.2. The number of carbonyl (C=O) groups excluding carboxylic acids is 1. The van der Waals surface area contributed by atoms with Gasteiger partial charge in [0.15, 0.2) is 12.4 Å². The largest absolute Gasteiger partial charge is 1.00 e. The minimum absolute atomic E-state index is 0. The van der Waals surface area contributed by atoms with Crippen LogP contribution in [0.4, 0.5) is 0 Å². The zero-order chi connectivity index (χ0) is 13.0. The minimum atomic E-state index is -0.283. The summed E-state index contributed by atoms with van der Waals surface area (Å²) in [7, 11) is 0. The third-order valence-electron chi connectivity index (χ3n) is 2.41. The molecule has 1 amide bonds. The highest BCUT2D eigenvalue weighted by Crippen LogP contribution is 2.23. The van der Waals surface area contributed by atoms with E-state index in [-0.39, 0.29) is 18.3 Å². The molecule has 1 heterocycles. The van der Waals surface area contributed by atoms with Crippen molar-refractivity contribution >= 4 is 29.1 Å². The van der Waals surface area contributed by atoms with Gasteiger partial charge in [0.25, 0.3) is 5.91 Å². The molecule has 2 aromatic rings. The van der Waals surface area contributed by atoms with Gasteiger partial charge in [0.05, 0.1) is 15.6 Å².